The SMILES string of the molecule is Cc1ccc(NC(=O)COc2ccc(/C=C(/C#N)C(=O)Nc3cccc([N+](=O)[O-])c3)cc2Cl)cc1C. The predicted molar refractivity (Wildman–Crippen MR) is 137 cm³/mol. The first kappa shape index (κ1) is 25.9. The second-order valence-corrected chi connectivity index (χ2v) is 8.16. The van der Waals surface area contributed by atoms with Crippen LogP contribution in [0.2, 0.25) is 5.02 Å². The summed E-state index contributed by atoms with van der Waals surface area (Å²) >= 11 is 6.26. The van der Waals surface area contributed by atoms with E-state index in [1.54, 1.807) is 18.2 Å². The summed E-state index contributed by atoms with van der Waals surface area (Å²) in [7, 11) is 0. The lowest BCUT2D eigenvalue weighted by Crippen LogP contribution is -2.20. The lowest BCUT2D eigenvalue weighted by molar-refractivity contribution is -0.384. The molecule has 0 heterocycles. The number of ether oxygens (including phenoxy) is 1. The molecule has 0 atom stereocenters. The van der Waals surface area contributed by atoms with Crippen LogP contribution < -0.4 is 15.4 Å². The first-order valence-corrected chi connectivity index (χ1v) is 11.0. The Labute approximate surface area is 212 Å². The maximum atomic E-state index is 12.5. The molecular weight excluding hydrogens is 484 g/mol. The monoisotopic (exact) mass is 504 g/mol. The van der Waals surface area contributed by atoms with E-state index >= 15 is 0 Å². The number of aryl methyl sites for hydroxylation is 2. The molecule has 0 unspecified atom stereocenters. The Bertz CT molecular complexity index is 1410. The van der Waals surface area contributed by atoms with Crippen LogP contribution in [0.3, 0.4) is 0 Å². The van der Waals surface area contributed by atoms with Crippen LogP contribution in [0, 0.1) is 35.3 Å². The third kappa shape index (κ3) is 6.91. The van der Waals surface area contributed by atoms with Gasteiger partial charge in [0.15, 0.2) is 6.61 Å². The fraction of sp³-hybridized carbons (Fsp3) is 0.115. The number of nitriles is 1. The standard InChI is InChI=1S/C26H21ClN4O5/c1-16-6-8-21(10-17(16)2)29-25(32)15-36-24-9-7-18(12-23(24)27)11-19(14-28)26(33)30-20-4-3-5-22(13-20)31(34)35/h3-13H,15H2,1-2H3,(H,29,32)(H,30,33)/b19-11-. The Kier molecular flexibility index (Phi) is 8.39. The lowest BCUT2D eigenvalue weighted by Gasteiger charge is -2.10. The minimum Gasteiger partial charge on any atom is -0.482 e. The van der Waals surface area contributed by atoms with Gasteiger partial charge in [0.2, 0.25) is 0 Å². The van der Waals surface area contributed by atoms with Gasteiger partial charge >= 0.3 is 0 Å². The number of carbonyl (C=O) groups is 2. The number of amides is 2. The fourth-order valence-corrected chi connectivity index (χ4v) is 3.34. The second kappa shape index (κ2) is 11.6. The second-order valence-electron chi connectivity index (χ2n) is 7.76. The quantitative estimate of drug-likeness (QED) is 0.182. The number of benzene rings is 3. The Hall–Kier alpha value is -4.68. The summed E-state index contributed by atoms with van der Waals surface area (Å²) in [6.07, 6.45) is 1.31. The maximum Gasteiger partial charge on any atom is 0.271 e. The van der Waals surface area contributed by atoms with Gasteiger partial charge in [-0.3, -0.25) is 19.7 Å². The van der Waals surface area contributed by atoms with Gasteiger partial charge in [0.25, 0.3) is 17.5 Å². The van der Waals surface area contributed by atoms with Crippen LogP contribution in [-0.2, 0) is 9.59 Å². The number of non-ortho nitro benzene ring substituents is 1. The van der Waals surface area contributed by atoms with E-state index in [0.717, 1.165) is 11.1 Å². The van der Waals surface area contributed by atoms with Crippen LogP contribution in [0.4, 0.5) is 17.1 Å². The summed E-state index contributed by atoms with van der Waals surface area (Å²) in [5.74, 6) is -0.844. The van der Waals surface area contributed by atoms with Gasteiger partial charge in [-0.05, 0) is 66.9 Å². The maximum absolute atomic E-state index is 12.5. The van der Waals surface area contributed by atoms with Crippen molar-refractivity contribution in [3.8, 4) is 11.8 Å². The highest BCUT2D eigenvalue weighted by atomic mass is 35.5. The highest BCUT2D eigenvalue weighted by Crippen LogP contribution is 2.27. The summed E-state index contributed by atoms with van der Waals surface area (Å²) < 4.78 is 5.50. The molecule has 3 rings (SSSR count). The Morgan fingerprint density at radius 2 is 1.81 bits per heavy atom. The normalized spacial score (nSPS) is 10.8. The predicted octanol–water partition coefficient (Wildman–Crippen LogP) is 5.43. The minimum absolute atomic E-state index is 0.177. The molecule has 0 saturated heterocycles. The number of halogens is 1. The topological polar surface area (TPSA) is 134 Å². The molecule has 0 aliphatic carbocycles. The zero-order chi connectivity index (χ0) is 26.2. The third-order valence-electron chi connectivity index (χ3n) is 5.10. The van der Waals surface area contributed by atoms with Gasteiger partial charge in [-0.25, -0.2) is 0 Å². The molecule has 0 saturated carbocycles. The molecule has 0 radical (unpaired) electrons. The van der Waals surface area contributed by atoms with Crippen molar-refractivity contribution in [1.29, 1.82) is 5.26 Å². The molecule has 2 N–H and O–H groups in total. The molecule has 0 aliphatic heterocycles. The number of anilines is 2. The van der Waals surface area contributed by atoms with Crippen molar-refractivity contribution in [1.82, 2.24) is 0 Å². The fourth-order valence-electron chi connectivity index (χ4n) is 3.09. The van der Waals surface area contributed by atoms with Gasteiger partial charge < -0.3 is 15.4 Å². The average molecular weight is 505 g/mol. The first-order valence-electron chi connectivity index (χ1n) is 10.6. The third-order valence-corrected chi connectivity index (χ3v) is 5.39. The van der Waals surface area contributed by atoms with E-state index in [1.807, 2.05) is 26.0 Å². The molecule has 0 bridgehead atoms. The Balaban J connectivity index is 1.64. The number of hydrogen-bond acceptors (Lipinski definition) is 6. The molecular formula is C26H21ClN4O5. The molecule has 0 aliphatic rings. The van der Waals surface area contributed by atoms with E-state index in [4.69, 9.17) is 16.3 Å². The molecule has 0 spiro atoms. The highest BCUT2D eigenvalue weighted by Gasteiger charge is 2.13. The molecule has 10 heteroatoms. The molecule has 9 nitrogen and oxygen atoms in total. The average Bonchev–Trinajstić information content (AvgIpc) is 2.84. The van der Waals surface area contributed by atoms with Gasteiger partial charge in [-0.1, -0.05) is 29.8 Å². The van der Waals surface area contributed by atoms with E-state index in [0.29, 0.717) is 11.3 Å². The van der Waals surface area contributed by atoms with Gasteiger partial charge in [0.05, 0.1) is 9.95 Å². The van der Waals surface area contributed by atoms with Crippen molar-refractivity contribution >= 4 is 46.6 Å². The van der Waals surface area contributed by atoms with E-state index in [2.05, 4.69) is 10.6 Å². The Morgan fingerprint density at radius 1 is 1.06 bits per heavy atom. The van der Waals surface area contributed by atoms with Crippen molar-refractivity contribution in [2.45, 2.75) is 13.8 Å². The van der Waals surface area contributed by atoms with Crippen LogP contribution >= 0.6 is 11.6 Å². The molecule has 2 amide bonds. The molecule has 0 fully saturated rings. The number of nitrogens with zero attached hydrogens (tertiary/aromatic N) is 2. The van der Waals surface area contributed by atoms with Crippen LogP contribution in [-0.4, -0.2) is 23.3 Å². The van der Waals surface area contributed by atoms with E-state index in [1.165, 1.54) is 42.5 Å². The van der Waals surface area contributed by atoms with Gasteiger partial charge in [-0.15, -0.1) is 0 Å². The number of nitro benzene ring substituents is 1. The van der Waals surface area contributed by atoms with Crippen LogP contribution in [0.15, 0.2) is 66.2 Å². The number of nitrogens with one attached hydrogen (secondary N) is 2. The lowest BCUT2D eigenvalue weighted by atomic mass is 10.1. The molecule has 0 aromatic heterocycles. The number of carbonyl (C=O) groups excluding carboxylic acids is 2. The summed E-state index contributed by atoms with van der Waals surface area (Å²) in [4.78, 5) is 35.0. The van der Waals surface area contributed by atoms with Crippen molar-refractivity contribution in [2.24, 2.45) is 0 Å². The summed E-state index contributed by atoms with van der Waals surface area (Å²) in [6.45, 7) is 3.66. The number of hydrogen-bond donors (Lipinski definition) is 2. The largest absolute Gasteiger partial charge is 0.482 e. The molecule has 3 aromatic rings. The minimum atomic E-state index is -0.738. The van der Waals surface area contributed by atoms with Gasteiger partial charge in [-0.2, -0.15) is 5.26 Å². The van der Waals surface area contributed by atoms with Crippen LogP contribution in [0.5, 0.6) is 5.75 Å². The zero-order valence-corrected chi connectivity index (χ0v) is 20.1. The first-order chi connectivity index (χ1) is 17.2. The number of rotatable bonds is 8. The van der Waals surface area contributed by atoms with E-state index in [-0.39, 0.29) is 40.2 Å². The number of nitro groups is 1. The summed E-state index contributed by atoms with van der Waals surface area (Å²) in [5, 5.41) is 25.7. The zero-order valence-electron chi connectivity index (χ0n) is 19.4. The van der Waals surface area contributed by atoms with Crippen molar-refractivity contribution in [3.63, 3.8) is 0 Å². The van der Waals surface area contributed by atoms with Crippen LogP contribution in [0.25, 0.3) is 6.08 Å². The molecule has 3 aromatic carbocycles. The smallest absolute Gasteiger partial charge is 0.271 e. The van der Waals surface area contributed by atoms with E-state index in [9.17, 15) is 25.0 Å². The van der Waals surface area contributed by atoms with Crippen LogP contribution in [0.1, 0.15) is 16.7 Å². The van der Waals surface area contributed by atoms with Crippen molar-refractivity contribution in [3.05, 3.63) is 98.1 Å². The Morgan fingerprint density at radius 3 is 2.47 bits per heavy atom. The van der Waals surface area contributed by atoms with Crippen molar-refractivity contribution < 1.29 is 19.2 Å². The van der Waals surface area contributed by atoms with Gasteiger partial charge in [0, 0.05) is 23.5 Å². The summed E-state index contributed by atoms with van der Waals surface area (Å²) in [6, 6.07) is 17.3. The molecule has 36 heavy (non-hydrogen) atoms. The van der Waals surface area contributed by atoms with E-state index < -0.39 is 10.8 Å². The molecule has 182 valence electrons. The highest BCUT2D eigenvalue weighted by molar-refractivity contribution is 6.32. The van der Waals surface area contributed by atoms with Gasteiger partial charge in [0.1, 0.15) is 17.4 Å². The summed E-state index contributed by atoms with van der Waals surface area (Å²) in [5.41, 5.74) is 3.01. The van der Waals surface area contributed by atoms with Crippen molar-refractivity contribution in [2.75, 3.05) is 17.2 Å².